The number of aryl methyl sites for hydroxylation is 2. The van der Waals surface area contributed by atoms with Crippen LogP contribution in [0.15, 0.2) is 24.5 Å². The smallest absolute Gasteiger partial charge is 0.255 e. The largest absolute Gasteiger partial charge is 0.496 e. The Morgan fingerprint density at radius 3 is 2.90 bits per heavy atom. The van der Waals surface area contributed by atoms with Gasteiger partial charge in [0, 0.05) is 20.0 Å². The zero-order valence-corrected chi connectivity index (χ0v) is 11.9. The van der Waals surface area contributed by atoms with Crippen LogP contribution >= 0.6 is 0 Å². The lowest BCUT2D eigenvalue weighted by Crippen LogP contribution is -2.27. The van der Waals surface area contributed by atoms with Crippen LogP contribution in [0.4, 0.5) is 0 Å². The molecule has 6 heteroatoms. The summed E-state index contributed by atoms with van der Waals surface area (Å²) in [5.41, 5.74) is 1.47. The predicted molar refractivity (Wildman–Crippen MR) is 74.8 cm³/mol. The lowest BCUT2D eigenvalue weighted by molar-refractivity contribution is 0.0950. The third-order valence-corrected chi connectivity index (χ3v) is 3.12. The molecule has 6 nitrogen and oxygen atoms in total. The summed E-state index contributed by atoms with van der Waals surface area (Å²) in [5.74, 6) is 1.28. The molecule has 0 aliphatic carbocycles. The monoisotopic (exact) mass is 274 g/mol. The Labute approximate surface area is 117 Å². The average Bonchev–Trinajstić information content (AvgIpc) is 2.84. The van der Waals surface area contributed by atoms with Gasteiger partial charge in [-0.2, -0.15) is 0 Å². The minimum Gasteiger partial charge on any atom is -0.496 e. The summed E-state index contributed by atoms with van der Waals surface area (Å²) >= 11 is 0. The summed E-state index contributed by atoms with van der Waals surface area (Å²) < 4.78 is 7.07. The van der Waals surface area contributed by atoms with Crippen molar-refractivity contribution < 1.29 is 9.53 Å². The number of methoxy groups -OCH3 is 1. The van der Waals surface area contributed by atoms with Crippen molar-refractivity contribution in [1.82, 2.24) is 20.1 Å². The zero-order valence-electron chi connectivity index (χ0n) is 11.9. The molecule has 0 saturated carbocycles. The van der Waals surface area contributed by atoms with Gasteiger partial charge < -0.3 is 14.6 Å². The van der Waals surface area contributed by atoms with E-state index in [2.05, 4.69) is 15.5 Å². The van der Waals surface area contributed by atoms with Crippen LogP contribution in [-0.4, -0.2) is 34.3 Å². The Hall–Kier alpha value is -2.37. The molecular weight excluding hydrogens is 256 g/mol. The molecule has 0 aliphatic heterocycles. The van der Waals surface area contributed by atoms with Gasteiger partial charge in [0.1, 0.15) is 17.9 Å². The SMILES string of the molecule is COc1cccc(C)c1C(=O)NCCc1nncn1C. The Morgan fingerprint density at radius 1 is 1.45 bits per heavy atom. The third-order valence-electron chi connectivity index (χ3n) is 3.12. The maximum Gasteiger partial charge on any atom is 0.255 e. The van der Waals surface area contributed by atoms with Crippen molar-refractivity contribution in [3.63, 3.8) is 0 Å². The number of nitrogens with zero attached hydrogens (tertiary/aromatic N) is 3. The maximum atomic E-state index is 12.2. The van der Waals surface area contributed by atoms with Gasteiger partial charge >= 0.3 is 0 Å². The minimum absolute atomic E-state index is 0.137. The molecule has 0 saturated heterocycles. The van der Waals surface area contributed by atoms with E-state index < -0.39 is 0 Å². The van der Waals surface area contributed by atoms with Crippen LogP contribution in [0, 0.1) is 6.92 Å². The molecule has 1 N–H and O–H groups in total. The molecule has 2 rings (SSSR count). The lowest BCUT2D eigenvalue weighted by Gasteiger charge is -2.11. The Morgan fingerprint density at radius 2 is 2.25 bits per heavy atom. The van der Waals surface area contributed by atoms with Gasteiger partial charge in [-0.25, -0.2) is 0 Å². The average molecular weight is 274 g/mol. The van der Waals surface area contributed by atoms with Gasteiger partial charge in [0.2, 0.25) is 0 Å². The molecule has 0 radical (unpaired) electrons. The summed E-state index contributed by atoms with van der Waals surface area (Å²) in [4.78, 5) is 12.2. The summed E-state index contributed by atoms with van der Waals surface area (Å²) in [5, 5.41) is 10.7. The highest BCUT2D eigenvalue weighted by molar-refractivity contribution is 5.98. The van der Waals surface area contributed by atoms with E-state index in [0.29, 0.717) is 24.3 Å². The van der Waals surface area contributed by atoms with E-state index in [9.17, 15) is 4.79 Å². The second-order valence-electron chi connectivity index (χ2n) is 4.52. The van der Waals surface area contributed by atoms with E-state index in [1.807, 2.05) is 30.7 Å². The molecule has 0 bridgehead atoms. The fourth-order valence-electron chi connectivity index (χ4n) is 2.01. The van der Waals surface area contributed by atoms with Gasteiger partial charge in [-0.15, -0.1) is 10.2 Å². The van der Waals surface area contributed by atoms with Gasteiger partial charge in [0.05, 0.1) is 12.7 Å². The van der Waals surface area contributed by atoms with Crippen LogP contribution in [-0.2, 0) is 13.5 Å². The molecule has 0 spiro atoms. The molecule has 1 amide bonds. The Balaban J connectivity index is 2.00. The molecule has 106 valence electrons. The molecule has 0 fully saturated rings. The highest BCUT2D eigenvalue weighted by Gasteiger charge is 2.14. The van der Waals surface area contributed by atoms with E-state index in [4.69, 9.17) is 4.74 Å². The first-order valence-corrected chi connectivity index (χ1v) is 6.38. The molecule has 1 heterocycles. The Kier molecular flexibility index (Phi) is 4.34. The van der Waals surface area contributed by atoms with E-state index in [1.165, 1.54) is 0 Å². The molecule has 1 aromatic heterocycles. The number of nitrogens with one attached hydrogen (secondary N) is 1. The van der Waals surface area contributed by atoms with E-state index in [-0.39, 0.29) is 5.91 Å². The highest BCUT2D eigenvalue weighted by atomic mass is 16.5. The fraction of sp³-hybridized carbons (Fsp3) is 0.357. The van der Waals surface area contributed by atoms with Crippen molar-refractivity contribution in [3.05, 3.63) is 41.5 Å². The topological polar surface area (TPSA) is 69.0 Å². The summed E-state index contributed by atoms with van der Waals surface area (Å²) in [6.07, 6.45) is 2.28. The van der Waals surface area contributed by atoms with Crippen molar-refractivity contribution in [3.8, 4) is 5.75 Å². The Bertz CT molecular complexity index is 607. The lowest BCUT2D eigenvalue weighted by atomic mass is 10.1. The van der Waals surface area contributed by atoms with Crippen molar-refractivity contribution in [2.45, 2.75) is 13.3 Å². The molecule has 0 atom stereocenters. The predicted octanol–water partition coefficient (Wildman–Crippen LogP) is 1.10. The van der Waals surface area contributed by atoms with Gasteiger partial charge in [-0.3, -0.25) is 4.79 Å². The second-order valence-corrected chi connectivity index (χ2v) is 4.52. The van der Waals surface area contributed by atoms with Gasteiger partial charge in [0.25, 0.3) is 5.91 Å². The fourth-order valence-corrected chi connectivity index (χ4v) is 2.01. The number of amides is 1. The normalized spacial score (nSPS) is 10.3. The van der Waals surface area contributed by atoms with Crippen molar-refractivity contribution in [2.75, 3.05) is 13.7 Å². The maximum absolute atomic E-state index is 12.2. The molecule has 0 aliphatic rings. The first kappa shape index (κ1) is 14.0. The number of hydrogen-bond donors (Lipinski definition) is 1. The number of ether oxygens (including phenoxy) is 1. The van der Waals surface area contributed by atoms with Gasteiger partial charge in [-0.1, -0.05) is 12.1 Å². The number of benzene rings is 1. The standard InChI is InChI=1S/C14H18N4O2/c1-10-5-4-6-11(20-3)13(10)14(19)15-8-7-12-17-16-9-18(12)2/h4-6,9H,7-8H2,1-3H3,(H,15,19). The van der Waals surface area contributed by atoms with Crippen LogP contribution in [0.25, 0.3) is 0 Å². The first-order valence-electron chi connectivity index (χ1n) is 6.38. The van der Waals surface area contributed by atoms with Crippen LogP contribution < -0.4 is 10.1 Å². The second kappa shape index (κ2) is 6.18. The van der Waals surface area contributed by atoms with Gasteiger partial charge in [0.15, 0.2) is 0 Å². The van der Waals surface area contributed by atoms with E-state index in [1.54, 1.807) is 19.5 Å². The van der Waals surface area contributed by atoms with Crippen LogP contribution in [0.1, 0.15) is 21.7 Å². The number of hydrogen-bond acceptors (Lipinski definition) is 4. The first-order chi connectivity index (χ1) is 9.63. The summed E-state index contributed by atoms with van der Waals surface area (Å²) in [6, 6.07) is 5.54. The van der Waals surface area contributed by atoms with Crippen LogP contribution in [0.5, 0.6) is 5.75 Å². The van der Waals surface area contributed by atoms with Crippen LogP contribution in [0.3, 0.4) is 0 Å². The van der Waals surface area contributed by atoms with Gasteiger partial charge in [-0.05, 0) is 18.6 Å². The third kappa shape index (κ3) is 2.96. The number of carbonyl (C=O) groups excluding carboxylic acids is 1. The van der Waals surface area contributed by atoms with E-state index >= 15 is 0 Å². The summed E-state index contributed by atoms with van der Waals surface area (Å²) in [7, 11) is 3.44. The number of carbonyl (C=O) groups is 1. The minimum atomic E-state index is -0.137. The van der Waals surface area contributed by atoms with Crippen molar-refractivity contribution >= 4 is 5.91 Å². The molecule has 2 aromatic rings. The number of rotatable bonds is 5. The molecule has 0 unspecified atom stereocenters. The number of aromatic nitrogens is 3. The van der Waals surface area contributed by atoms with Crippen LogP contribution in [0.2, 0.25) is 0 Å². The molecule has 20 heavy (non-hydrogen) atoms. The molecular formula is C14H18N4O2. The van der Waals surface area contributed by atoms with E-state index in [0.717, 1.165) is 11.4 Å². The zero-order chi connectivity index (χ0) is 14.5. The van der Waals surface area contributed by atoms with Crippen molar-refractivity contribution in [2.24, 2.45) is 7.05 Å². The summed E-state index contributed by atoms with van der Waals surface area (Å²) in [6.45, 7) is 2.39. The highest BCUT2D eigenvalue weighted by Crippen LogP contribution is 2.21. The molecule has 1 aromatic carbocycles. The van der Waals surface area contributed by atoms with Crippen molar-refractivity contribution in [1.29, 1.82) is 0 Å². The quantitative estimate of drug-likeness (QED) is 0.886.